The summed E-state index contributed by atoms with van der Waals surface area (Å²) in [5.41, 5.74) is 1.84. The van der Waals surface area contributed by atoms with Crippen molar-refractivity contribution < 1.29 is 41.0 Å². The number of alkyl halides is 3. The van der Waals surface area contributed by atoms with Gasteiger partial charge in [0, 0.05) is 10.9 Å². The molecule has 1 aromatic heterocycles. The number of aromatic carboxylic acids is 1. The first-order chi connectivity index (χ1) is 14.0. The topological polar surface area (TPSA) is 138 Å². The third-order valence-corrected chi connectivity index (χ3v) is 5.07. The molecule has 13 heteroatoms. The minimum absolute atomic E-state index is 0.00751. The number of fused-ring (bicyclic) bond motifs is 1. The van der Waals surface area contributed by atoms with Gasteiger partial charge in [-0.2, -0.15) is 0 Å². The number of carbonyl (C=O) groups excluding carboxylic acids is 1. The first kappa shape index (κ1) is 21.1. The van der Waals surface area contributed by atoms with Gasteiger partial charge in [-0.15, -0.1) is 18.0 Å². The van der Waals surface area contributed by atoms with Gasteiger partial charge in [0.25, 0.3) is 15.9 Å². The van der Waals surface area contributed by atoms with E-state index in [2.05, 4.69) is 9.72 Å². The predicted octanol–water partition coefficient (Wildman–Crippen LogP) is 2.39. The zero-order chi connectivity index (χ0) is 22.1. The standard InChI is InChI=1S/C17H12F3N3O6S/c18-17(19,20)29-13-8-10(16(25)26)5-6-14(13)30(27,28)23-22-15(24)12-7-9-3-1-2-4-11(9)21-12/h1-8,21,23H,(H,22,24)(H,25,26). The summed E-state index contributed by atoms with van der Waals surface area (Å²) in [5.74, 6) is -3.77. The number of hydrazine groups is 1. The predicted molar refractivity (Wildman–Crippen MR) is 96.2 cm³/mol. The Hall–Kier alpha value is -3.58. The summed E-state index contributed by atoms with van der Waals surface area (Å²) in [6.45, 7) is 0. The van der Waals surface area contributed by atoms with Gasteiger partial charge >= 0.3 is 12.3 Å². The summed E-state index contributed by atoms with van der Waals surface area (Å²) in [6.07, 6.45) is -5.28. The molecule has 4 N–H and O–H groups in total. The number of H-pyrrole nitrogens is 1. The summed E-state index contributed by atoms with van der Waals surface area (Å²) >= 11 is 0. The number of carboxylic acid groups (broad SMARTS) is 1. The molecule has 0 aliphatic heterocycles. The van der Waals surface area contributed by atoms with Gasteiger partial charge in [-0.1, -0.05) is 18.2 Å². The van der Waals surface area contributed by atoms with Crippen molar-refractivity contribution in [2.24, 2.45) is 0 Å². The quantitative estimate of drug-likeness (QED) is 0.432. The number of aromatic amines is 1. The first-order valence-electron chi connectivity index (χ1n) is 7.99. The van der Waals surface area contributed by atoms with Gasteiger partial charge in [0.05, 0.1) is 5.56 Å². The SMILES string of the molecule is O=C(O)c1ccc(S(=O)(=O)NNC(=O)c2cc3ccccc3[nH]2)c(OC(F)(F)F)c1. The molecule has 0 saturated heterocycles. The van der Waals surface area contributed by atoms with Gasteiger partial charge in [-0.05, 0) is 30.3 Å². The smallest absolute Gasteiger partial charge is 0.478 e. The maximum atomic E-state index is 12.6. The van der Waals surface area contributed by atoms with Crippen LogP contribution in [0.25, 0.3) is 10.9 Å². The van der Waals surface area contributed by atoms with Crippen LogP contribution in [0.1, 0.15) is 20.8 Å². The summed E-state index contributed by atoms with van der Waals surface area (Å²) in [7, 11) is -4.75. The molecule has 0 saturated carbocycles. The molecule has 0 fully saturated rings. The molecule has 0 spiro atoms. The Labute approximate surface area is 166 Å². The van der Waals surface area contributed by atoms with Crippen molar-refractivity contribution in [1.29, 1.82) is 0 Å². The van der Waals surface area contributed by atoms with E-state index >= 15 is 0 Å². The highest BCUT2D eigenvalue weighted by atomic mass is 32.2. The second-order valence-corrected chi connectivity index (χ2v) is 7.50. The Morgan fingerprint density at radius 2 is 1.77 bits per heavy atom. The molecule has 3 rings (SSSR count). The van der Waals surface area contributed by atoms with E-state index in [9.17, 15) is 31.2 Å². The fourth-order valence-electron chi connectivity index (χ4n) is 2.50. The van der Waals surface area contributed by atoms with Crippen molar-refractivity contribution in [1.82, 2.24) is 15.2 Å². The molecule has 2 aromatic carbocycles. The highest BCUT2D eigenvalue weighted by Crippen LogP contribution is 2.30. The summed E-state index contributed by atoms with van der Waals surface area (Å²) in [5, 5.41) is 9.58. The van der Waals surface area contributed by atoms with Crippen molar-refractivity contribution in [3.05, 3.63) is 59.8 Å². The molecular formula is C17H12F3N3O6S. The molecule has 30 heavy (non-hydrogen) atoms. The van der Waals surface area contributed by atoms with Crippen molar-refractivity contribution >= 4 is 32.8 Å². The van der Waals surface area contributed by atoms with Crippen LogP contribution in [0.4, 0.5) is 13.2 Å². The molecule has 0 bridgehead atoms. The van der Waals surface area contributed by atoms with Crippen LogP contribution in [-0.4, -0.2) is 36.7 Å². The monoisotopic (exact) mass is 443 g/mol. The highest BCUT2D eigenvalue weighted by molar-refractivity contribution is 7.89. The molecule has 0 aliphatic carbocycles. The number of nitrogens with one attached hydrogen (secondary N) is 3. The fourth-order valence-corrected chi connectivity index (χ4v) is 3.45. The highest BCUT2D eigenvalue weighted by Gasteiger charge is 2.34. The lowest BCUT2D eigenvalue weighted by Crippen LogP contribution is -2.42. The van der Waals surface area contributed by atoms with Crippen LogP contribution in [-0.2, 0) is 10.0 Å². The lowest BCUT2D eigenvalue weighted by atomic mass is 10.2. The lowest BCUT2D eigenvalue weighted by Gasteiger charge is -2.15. The summed E-state index contributed by atoms with van der Waals surface area (Å²) in [6, 6.07) is 10.1. The van der Waals surface area contributed by atoms with E-state index in [1.165, 1.54) is 6.07 Å². The molecule has 0 atom stereocenters. The van der Waals surface area contributed by atoms with Gasteiger partial charge in [0.2, 0.25) is 0 Å². The lowest BCUT2D eigenvalue weighted by molar-refractivity contribution is -0.275. The molecule has 0 radical (unpaired) electrons. The van der Waals surface area contributed by atoms with Gasteiger partial charge in [0.15, 0.2) is 0 Å². The largest absolute Gasteiger partial charge is 0.573 e. The number of ether oxygens (including phenoxy) is 1. The fraction of sp³-hybridized carbons (Fsp3) is 0.0588. The van der Waals surface area contributed by atoms with E-state index in [1.54, 1.807) is 29.1 Å². The third kappa shape index (κ3) is 4.69. The van der Waals surface area contributed by atoms with Crippen molar-refractivity contribution in [2.45, 2.75) is 11.3 Å². The minimum Gasteiger partial charge on any atom is -0.478 e. The Balaban J connectivity index is 1.85. The molecule has 0 unspecified atom stereocenters. The number of benzene rings is 2. The Bertz CT molecular complexity index is 1200. The Morgan fingerprint density at radius 3 is 2.40 bits per heavy atom. The van der Waals surface area contributed by atoms with E-state index in [0.29, 0.717) is 23.0 Å². The van der Waals surface area contributed by atoms with Crippen molar-refractivity contribution in [2.75, 3.05) is 0 Å². The van der Waals surface area contributed by atoms with Crippen LogP contribution < -0.4 is 15.0 Å². The van der Waals surface area contributed by atoms with Crippen LogP contribution in [0.15, 0.2) is 53.4 Å². The number of hydrogen-bond acceptors (Lipinski definition) is 5. The molecule has 1 heterocycles. The molecule has 0 aliphatic rings. The van der Waals surface area contributed by atoms with Crippen LogP contribution >= 0.6 is 0 Å². The molecule has 9 nitrogen and oxygen atoms in total. The van der Waals surface area contributed by atoms with E-state index in [-0.39, 0.29) is 5.69 Å². The molecular weight excluding hydrogens is 431 g/mol. The number of halogens is 3. The van der Waals surface area contributed by atoms with Crippen LogP contribution in [0.3, 0.4) is 0 Å². The van der Waals surface area contributed by atoms with Crippen molar-refractivity contribution in [3.63, 3.8) is 0 Å². The molecule has 1 amide bonds. The average molecular weight is 443 g/mol. The van der Waals surface area contributed by atoms with Crippen LogP contribution in [0.5, 0.6) is 5.75 Å². The van der Waals surface area contributed by atoms with E-state index < -0.39 is 44.5 Å². The van der Waals surface area contributed by atoms with Gasteiger partial charge in [0.1, 0.15) is 16.3 Å². The van der Waals surface area contributed by atoms with E-state index in [0.717, 1.165) is 6.07 Å². The molecule has 158 valence electrons. The van der Waals surface area contributed by atoms with Crippen LogP contribution in [0.2, 0.25) is 0 Å². The average Bonchev–Trinajstić information content (AvgIpc) is 3.09. The number of carbonyl (C=O) groups is 2. The van der Waals surface area contributed by atoms with Crippen LogP contribution in [0, 0.1) is 0 Å². The zero-order valence-corrected chi connectivity index (χ0v) is 15.5. The number of amides is 1. The number of hydrogen-bond donors (Lipinski definition) is 4. The second-order valence-electron chi connectivity index (χ2n) is 5.84. The first-order valence-corrected chi connectivity index (χ1v) is 9.47. The number of carboxylic acids is 1. The Kier molecular flexibility index (Phi) is 5.41. The van der Waals surface area contributed by atoms with Gasteiger partial charge in [-0.25, -0.2) is 13.2 Å². The number of sulfonamides is 1. The van der Waals surface area contributed by atoms with Gasteiger partial charge < -0.3 is 14.8 Å². The minimum atomic E-state index is -5.28. The maximum absolute atomic E-state index is 12.6. The zero-order valence-electron chi connectivity index (χ0n) is 14.6. The maximum Gasteiger partial charge on any atom is 0.573 e. The van der Waals surface area contributed by atoms with Crippen molar-refractivity contribution in [3.8, 4) is 5.75 Å². The number of aromatic nitrogens is 1. The van der Waals surface area contributed by atoms with E-state index in [1.807, 2.05) is 5.43 Å². The Morgan fingerprint density at radius 1 is 1.07 bits per heavy atom. The summed E-state index contributed by atoms with van der Waals surface area (Å²) < 4.78 is 66.3. The van der Waals surface area contributed by atoms with E-state index in [4.69, 9.17) is 5.11 Å². The normalized spacial score (nSPS) is 12.0. The second kappa shape index (κ2) is 7.68. The molecule has 3 aromatic rings. The number of rotatable bonds is 6. The summed E-state index contributed by atoms with van der Waals surface area (Å²) in [4.78, 5) is 26.5. The number of para-hydroxylation sites is 1. The van der Waals surface area contributed by atoms with Gasteiger partial charge in [-0.3, -0.25) is 10.2 Å². The third-order valence-electron chi connectivity index (χ3n) is 3.78.